The van der Waals surface area contributed by atoms with Crippen LogP contribution in [0.2, 0.25) is 10.0 Å². The predicted molar refractivity (Wildman–Crippen MR) is 48.7 cm³/mol. The van der Waals surface area contributed by atoms with Gasteiger partial charge < -0.3 is 0 Å². The minimum absolute atomic E-state index is 0.0694. The Morgan fingerprint density at radius 1 is 1.08 bits per heavy atom. The van der Waals surface area contributed by atoms with Crippen LogP contribution < -0.4 is 0 Å². The van der Waals surface area contributed by atoms with Crippen molar-refractivity contribution in [3.63, 3.8) is 0 Å². The van der Waals surface area contributed by atoms with Crippen LogP contribution in [-0.4, -0.2) is 0 Å². The maximum atomic E-state index is 12.2. The van der Waals surface area contributed by atoms with Crippen LogP contribution >= 0.6 is 35.8 Å². The first kappa shape index (κ1) is 11.0. The fraction of sp³-hybridized carbons (Fsp3) is 0.143. The summed E-state index contributed by atoms with van der Waals surface area (Å²) in [6.07, 6.45) is -4.48. The van der Waals surface area contributed by atoms with Crippen molar-refractivity contribution < 1.29 is 13.2 Å². The monoisotopic (exact) mass is 246 g/mol. The summed E-state index contributed by atoms with van der Waals surface area (Å²) in [5, 5.41) is -0.470. The molecule has 0 unspecified atom stereocenters. The first-order valence-corrected chi connectivity index (χ1v) is 4.28. The molecule has 6 heteroatoms. The Hall–Kier alpha value is -0.0600. The molecule has 0 aliphatic carbocycles. The summed E-state index contributed by atoms with van der Waals surface area (Å²) in [4.78, 5) is 0.222. The van der Waals surface area contributed by atoms with E-state index in [4.69, 9.17) is 23.2 Å². The van der Waals surface area contributed by atoms with Gasteiger partial charge in [-0.2, -0.15) is 13.2 Å². The molecule has 0 aliphatic heterocycles. The topological polar surface area (TPSA) is 0 Å². The van der Waals surface area contributed by atoms with E-state index in [-0.39, 0.29) is 9.92 Å². The summed E-state index contributed by atoms with van der Waals surface area (Å²) in [5.74, 6) is 0. The Kier molecular flexibility index (Phi) is 3.05. The van der Waals surface area contributed by atoms with Gasteiger partial charge in [0.15, 0.2) is 0 Å². The van der Waals surface area contributed by atoms with Crippen LogP contribution in [-0.2, 0) is 6.18 Å². The lowest BCUT2D eigenvalue weighted by atomic mass is 10.2. The van der Waals surface area contributed by atoms with Crippen LogP contribution in [0.15, 0.2) is 17.0 Å². The largest absolute Gasteiger partial charge is 0.417 e. The highest BCUT2D eigenvalue weighted by Gasteiger charge is 2.33. The molecule has 0 amide bonds. The number of hydrogen-bond acceptors (Lipinski definition) is 1. The average molecular weight is 247 g/mol. The average Bonchev–Trinajstić information content (AvgIpc) is 1.94. The van der Waals surface area contributed by atoms with Crippen LogP contribution in [0.4, 0.5) is 13.2 Å². The SMILES string of the molecule is FC(F)(F)c1cc(Cl)c(S)cc1Cl. The molecule has 0 fully saturated rings. The van der Waals surface area contributed by atoms with Gasteiger partial charge in [-0.3, -0.25) is 0 Å². The van der Waals surface area contributed by atoms with Gasteiger partial charge in [0, 0.05) is 4.90 Å². The molecular formula is C7H3Cl2F3S. The summed E-state index contributed by atoms with van der Waals surface area (Å²) >= 11 is 14.6. The van der Waals surface area contributed by atoms with E-state index in [1.807, 2.05) is 0 Å². The minimum atomic E-state index is -4.48. The van der Waals surface area contributed by atoms with E-state index in [0.29, 0.717) is 0 Å². The molecule has 0 aromatic heterocycles. The standard InChI is InChI=1S/C7H3Cl2F3S/c8-4-2-6(13)5(9)1-3(4)7(10,11)12/h1-2,13H. The maximum absolute atomic E-state index is 12.2. The van der Waals surface area contributed by atoms with Gasteiger partial charge in [-0.05, 0) is 12.1 Å². The van der Waals surface area contributed by atoms with E-state index in [1.165, 1.54) is 0 Å². The molecule has 72 valence electrons. The third-order valence-electron chi connectivity index (χ3n) is 1.34. The second-order valence-electron chi connectivity index (χ2n) is 2.28. The van der Waals surface area contributed by atoms with Crippen molar-refractivity contribution in [1.82, 2.24) is 0 Å². The van der Waals surface area contributed by atoms with E-state index < -0.39 is 16.8 Å². The summed E-state index contributed by atoms with van der Waals surface area (Å²) in [5.41, 5.74) is -0.947. The molecular weight excluding hydrogens is 244 g/mol. The molecule has 0 bridgehead atoms. The summed E-state index contributed by atoms with van der Waals surface area (Å²) in [7, 11) is 0. The van der Waals surface area contributed by atoms with Crippen LogP contribution in [0, 0.1) is 0 Å². The van der Waals surface area contributed by atoms with E-state index in [0.717, 1.165) is 12.1 Å². The van der Waals surface area contributed by atoms with E-state index in [2.05, 4.69) is 12.6 Å². The van der Waals surface area contributed by atoms with Gasteiger partial charge >= 0.3 is 6.18 Å². The number of benzene rings is 1. The first-order chi connectivity index (χ1) is 5.82. The van der Waals surface area contributed by atoms with Crippen molar-refractivity contribution in [2.75, 3.05) is 0 Å². The lowest BCUT2D eigenvalue weighted by Gasteiger charge is -2.09. The zero-order valence-electron chi connectivity index (χ0n) is 5.99. The molecule has 13 heavy (non-hydrogen) atoms. The van der Waals surface area contributed by atoms with Crippen molar-refractivity contribution >= 4 is 35.8 Å². The molecule has 0 N–H and O–H groups in total. The highest BCUT2D eigenvalue weighted by molar-refractivity contribution is 7.80. The minimum Gasteiger partial charge on any atom is -0.166 e. The Labute approximate surface area is 88.1 Å². The van der Waals surface area contributed by atoms with Crippen molar-refractivity contribution in [3.05, 3.63) is 27.7 Å². The molecule has 0 saturated heterocycles. The molecule has 1 rings (SSSR count). The number of rotatable bonds is 0. The van der Waals surface area contributed by atoms with Gasteiger partial charge in [0.2, 0.25) is 0 Å². The molecule has 0 saturated carbocycles. The molecule has 0 aliphatic rings. The Morgan fingerprint density at radius 3 is 2.08 bits per heavy atom. The molecule has 0 atom stereocenters. The predicted octanol–water partition coefficient (Wildman–Crippen LogP) is 4.30. The van der Waals surface area contributed by atoms with Gasteiger partial charge in [-0.15, -0.1) is 12.6 Å². The van der Waals surface area contributed by atoms with Crippen molar-refractivity contribution in [3.8, 4) is 0 Å². The van der Waals surface area contributed by atoms with Crippen molar-refractivity contribution in [1.29, 1.82) is 0 Å². The summed E-state index contributed by atoms with van der Waals surface area (Å²) in [6.45, 7) is 0. The number of alkyl halides is 3. The molecule has 1 aromatic rings. The van der Waals surface area contributed by atoms with E-state index in [9.17, 15) is 13.2 Å². The lowest BCUT2D eigenvalue weighted by molar-refractivity contribution is -0.137. The number of hydrogen-bond donors (Lipinski definition) is 1. The fourth-order valence-electron chi connectivity index (χ4n) is 0.754. The summed E-state index contributed by atoms with van der Waals surface area (Å²) < 4.78 is 36.6. The number of thiol groups is 1. The molecule has 0 radical (unpaired) electrons. The van der Waals surface area contributed by atoms with Gasteiger partial charge in [0.25, 0.3) is 0 Å². The third kappa shape index (κ3) is 2.45. The second-order valence-corrected chi connectivity index (χ2v) is 3.58. The quantitative estimate of drug-likeness (QED) is 0.649. The van der Waals surface area contributed by atoms with Crippen LogP contribution in [0.5, 0.6) is 0 Å². The maximum Gasteiger partial charge on any atom is 0.417 e. The van der Waals surface area contributed by atoms with E-state index >= 15 is 0 Å². The van der Waals surface area contributed by atoms with Gasteiger partial charge in [0.05, 0.1) is 15.6 Å². The van der Waals surface area contributed by atoms with Crippen molar-refractivity contribution in [2.24, 2.45) is 0 Å². The molecule has 0 spiro atoms. The van der Waals surface area contributed by atoms with Gasteiger partial charge in [-0.25, -0.2) is 0 Å². The Balaban J connectivity index is 3.32. The Morgan fingerprint density at radius 2 is 1.62 bits per heavy atom. The second kappa shape index (κ2) is 3.59. The van der Waals surface area contributed by atoms with Crippen LogP contribution in [0.25, 0.3) is 0 Å². The normalized spacial score (nSPS) is 11.8. The molecule has 0 heterocycles. The third-order valence-corrected chi connectivity index (χ3v) is 2.47. The lowest BCUT2D eigenvalue weighted by Crippen LogP contribution is -2.05. The Bertz CT molecular complexity index is 335. The first-order valence-electron chi connectivity index (χ1n) is 3.07. The molecule has 0 nitrogen and oxygen atoms in total. The van der Waals surface area contributed by atoms with Gasteiger partial charge in [-0.1, -0.05) is 23.2 Å². The van der Waals surface area contributed by atoms with Crippen LogP contribution in [0.1, 0.15) is 5.56 Å². The molecule has 1 aromatic carbocycles. The van der Waals surface area contributed by atoms with Gasteiger partial charge in [0.1, 0.15) is 0 Å². The zero-order chi connectivity index (χ0) is 10.2. The highest BCUT2D eigenvalue weighted by Crippen LogP contribution is 2.38. The summed E-state index contributed by atoms with van der Waals surface area (Å²) in [6, 6.07) is 1.82. The highest BCUT2D eigenvalue weighted by atomic mass is 35.5. The van der Waals surface area contributed by atoms with E-state index in [1.54, 1.807) is 0 Å². The zero-order valence-corrected chi connectivity index (χ0v) is 8.40. The van der Waals surface area contributed by atoms with Crippen molar-refractivity contribution in [2.45, 2.75) is 11.1 Å². The smallest absolute Gasteiger partial charge is 0.166 e. The fourth-order valence-corrected chi connectivity index (χ4v) is 1.46. The number of halogens is 5. The van der Waals surface area contributed by atoms with Crippen LogP contribution in [0.3, 0.4) is 0 Å².